The molecule has 0 unspecified atom stereocenters. The summed E-state index contributed by atoms with van der Waals surface area (Å²) < 4.78 is 0. The van der Waals surface area contributed by atoms with Crippen LogP contribution in [0.25, 0.3) is 0 Å². The van der Waals surface area contributed by atoms with Crippen molar-refractivity contribution in [3.05, 3.63) is 30.1 Å². The summed E-state index contributed by atoms with van der Waals surface area (Å²) in [5.74, 6) is 0. The molecule has 0 saturated carbocycles. The predicted octanol–water partition coefficient (Wildman–Crippen LogP) is 1.84. The highest BCUT2D eigenvalue weighted by atomic mass is 16.6. The van der Waals surface area contributed by atoms with Crippen LogP contribution in [0.15, 0.2) is 29.7 Å². The molecular weight excluding hydrogens is 152 g/mol. The summed E-state index contributed by atoms with van der Waals surface area (Å²) in [7, 11) is 0. The first-order valence-electron chi connectivity index (χ1n) is 3.91. The minimum absolute atomic E-state index is 0.595. The van der Waals surface area contributed by atoms with Gasteiger partial charge in [0.1, 0.15) is 6.61 Å². The second kappa shape index (κ2) is 4.49. The van der Waals surface area contributed by atoms with E-state index in [1.54, 1.807) is 12.4 Å². The highest BCUT2D eigenvalue weighted by molar-refractivity contribution is 5.97. The second-order valence-electron chi connectivity index (χ2n) is 2.34. The Bertz CT molecular complexity index is 256. The number of nitrogens with zero attached hydrogens (tertiary/aromatic N) is 2. The number of oxime groups is 1. The second-order valence-corrected chi connectivity index (χ2v) is 2.34. The maximum absolute atomic E-state index is 4.91. The van der Waals surface area contributed by atoms with E-state index in [1.165, 1.54) is 0 Å². The molecule has 0 radical (unpaired) electrons. The molecule has 0 N–H and O–H groups in total. The standard InChI is InChI=1S/C9H12N2O/c1-3-12-11-8(2)9-5-4-6-10-7-9/h4-7H,3H2,1-2H3/b11-8-. The molecule has 0 amide bonds. The van der Waals surface area contributed by atoms with Crippen molar-refractivity contribution in [3.63, 3.8) is 0 Å². The van der Waals surface area contributed by atoms with Crippen LogP contribution in [-0.4, -0.2) is 17.3 Å². The highest BCUT2D eigenvalue weighted by Gasteiger charge is 1.95. The molecule has 0 saturated heterocycles. The van der Waals surface area contributed by atoms with Crippen molar-refractivity contribution in [2.45, 2.75) is 13.8 Å². The minimum Gasteiger partial charge on any atom is -0.396 e. The van der Waals surface area contributed by atoms with Gasteiger partial charge in [0.2, 0.25) is 0 Å². The monoisotopic (exact) mass is 164 g/mol. The lowest BCUT2D eigenvalue weighted by molar-refractivity contribution is 0.159. The Kier molecular flexibility index (Phi) is 3.26. The van der Waals surface area contributed by atoms with Crippen molar-refractivity contribution < 1.29 is 4.84 Å². The van der Waals surface area contributed by atoms with Gasteiger partial charge < -0.3 is 4.84 Å². The maximum Gasteiger partial charge on any atom is 0.114 e. The fraction of sp³-hybridized carbons (Fsp3) is 0.333. The van der Waals surface area contributed by atoms with Gasteiger partial charge in [0, 0.05) is 18.0 Å². The normalized spacial score (nSPS) is 11.3. The number of pyridine rings is 1. The van der Waals surface area contributed by atoms with Crippen LogP contribution in [0.3, 0.4) is 0 Å². The van der Waals surface area contributed by atoms with Crippen LogP contribution in [0.2, 0.25) is 0 Å². The van der Waals surface area contributed by atoms with E-state index in [2.05, 4.69) is 10.1 Å². The highest BCUT2D eigenvalue weighted by Crippen LogP contribution is 1.98. The Labute approximate surface area is 72.1 Å². The van der Waals surface area contributed by atoms with Crippen LogP contribution >= 0.6 is 0 Å². The van der Waals surface area contributed by atoms with Crippen LogP contribution in [0.5, 0.6) is 0 Å². The first-order valence-corrected chi connectivity index (χ1v) is 3.91. The van der Waals surface area contributed by atoms with Crippen molar-refractivity contribution >= 4 is 5.71 Å². The summed E-state index contributed by atoms with van der Waals surface area (Å²) in [5, 5.41) is 3.89. The molecule has 3 heteroatoms. The Morgan fingerprint density at radius 1 is 1.67 bits per heavy atom. The summed E-state index contributed by atoms with van der Waals surface area (Å²) in [6.07, 6.45) is 3.50. The van der Waals surface area contributed by atoms with E-state index < -0.39 is 0 Å². The van der Waals surface area contributed by atoms with Gasteiger partial charge in [-0.2, -0.15) is 0 Å². The van der Waals surface area contributed by atoms with Crippen molar-refractivity contribution in [2.24, 2.45) is 5.16 Å². The third-order valence-electron chi connectivity index (χ3n) is 1.41. The van der Waals surface area contributed by atoms with Gasteiger partial charge in [0.25, 0.3) is 0 Å². The van der Waals surface area contributed by atoms with E-state index >= 15 is 0 Å². The zero-order valence-corrected chi connectivity index (χ0v) is 7.32. The molecule has 12 heavy (non-hydrogen) atoms. The molecule has 0 aliphatic heterocycles. The Morgan fingerprint density at radius 3 is 3.08 bits per heavy atom. The molecule has 0 fully saturated rings. The average Bonchev–Trinajstić information content (AvgIpc) is 2.15. The Morgan fingerprint density at radius 2 is 2.50 bits per heavy atom. The summed E-state index contributed by atoms with van der Waals surface area (Å²) in [6, 6.07) is 3.82. The lowest BCUT2D eigenvalue weighted by Crippen LogP contribution is -1.96. The molecule has 64 valence electrons. The third-order valence-corrected chi connectivity index (χ3v) is 1.41. The number of aromatic nitrogens is 1. The Hall–Kier alpha value is -1.38. The Balaban J connectivity index is 2.71. The zero-order chi connectivity index (χ0) is 8.81. The van der Waals surface area contributed by atoms with Crippen LogP contribution < -0.4 is 0 Å². The van der Waals surface area contributed by atoms with Crippen LogP contribution in [-0.2, 0) is 4.84 Å². The molecule has 0 aliphatic carbocycles. The van der Waals surface area contributed by atoms with Crippen LogP contribution in [0, 0.1) is 0 Å². The molecule has 1 rings (SSSR count). The van der Waals surface area contributed by atoms with Crippen LogP contribution in [0.1, 0.15) is 19.4 Å². The summed E-state index contributed by atoms with van der Waals surface area (Å²) in [6.45, 7) is 4.39. The third kappa shape index (κ3) is 2.34. The summed E-state index contributed by atoms with van der Waals surface area (Å²) in [5.41, 5.74) is 1.84. The van der Waals surface area contributed by atoms with Gasteiger partial charge in [0.05, 0.1) is 5.71 Å². The smallest absolute Gasteiger partial charge is 0.114 e. The fourth-order valence-corrected chi connectivity index (χ4v) is 0.791. The lowest BCUT2D eigenvalue weighted by Gasteiger charge is -1.98. The van der Waals surface area contributed by atoms with Gasteiger partial charge in [-0.1, -0.05) is 5.16 Å². The van der Waals surface area contributed by atoms with Gasteiger partial charge in [0.15, 0.2) is 0 Å². The van der Waals surface area contributed by atoms with Crippen molar-refractivity contribution in [3.8, 4) is 0 Å². The number of hydrogen-bond donors (Lipinski definition) is 0. The zero-order valence-electron chi connectivity index (χ0n) is 7.32. The molecule has 0 aromatic carbocycles. The summed E-state index contributed by atoms with van der Waals surface area (Å²) >= 11 is 0. The predicted molar refractivity (Wildman–Crippen MR) is 48.1 cm³/mol. The first-order chi connectivity index (χ1) is 5.84. The fourth-order valence-electron chi connectivity index (χ4n) is 0.791. The van der Waals surface area contributed by atoms with Crippen LogP contribution in [0.4, 0.5) is 0 Å². The molecular formula is C9H12N2O. The van der Waals surface area contributed by atoms with Crippen molar-refractivity contribution in [1.29, 1.82) is 0 Å². The van der Waals surface area contributed by atoms with Crippen molar-refractivity contribution in [1.82, 2.24) is 4.98 Å². The largest absolute Gasteiger partial charge is 0.396 e. The molecule has 3 nitrogen and oxygen atoms in total. The molecule has 1 aromatic rings. The molecule has 0 spiro atoms. The van der Waals surface area contributed by atoms with E-state index in [0.717, 1.165) is 11.3 Å². The van der Waals surface area contributed by atoms with Gasteiger partial charge in [-0.25, -0.2) is 0 Å². The summed E-state index contributed by atoms with van der Waals surface area (Å²) in [4.78, 5) is 8.89. The number of rotatable bonds is 3. The van der Waals surface area contributed by atoms with Crippen molar-refractivity contribution in [2.75, 3.05) is 6.61 Å². The van der Waals surface area contributed by atoms with Gasteiger partial charge in [-0.15, -0.1) is 0 Å². The molecule has 1 aromatic heterocycles. The molecule has 0 atom stereocenters. The number of hydrogen-bond acceptors (Lipinski definition) is 3. The maximum atomic E-state index is 4.91. The van der Waals surface area contributed by atoms with Gasteiger partial charge in [-0.3, -0.25) is 4.98 Å². The SMILES string of the molecule is CCO/N=C(/C)c1cccnc1. The molecule has 0 aliphatic rings. The molecule has 0 bridgehead atoms. The van der Waals surface area contributed by atoms with E-state index in [1.807, 2.05) is 26.0 Å². The van der Waals surface area contributed by atoms with Gasteiger partial charge >= 0.3 is 0 Å². The quantitative estimate of drug-likeness (QED) is 0.504. The van der Waals surface area contributed by atoms with E-state index in [0.29, 0.717) is 6.61 Å². The lowest BCUT2D eigenvalue weighted by atomic mass is 10.2. The first kappa shape index (κ1) is 8.71. The molecule has 1 heterocycles. The van der Waals surface area contributed by atoms with Gasteiger partial charge in [-0.05, 0) is 26.0 Å². The topological polar surface area (TPSA) is 34.5 Å². The average molecular weight is 164 g/mol. The minimum atomic E-state index is 0.595. The van der Waals surface area contributed by atoms with E-state index in [4.69, 9.17) is 4.84 Å². The van der Waals surface area contributed by atoms with E-state index in [9.17, 15) is 0 Å². The van der Waals surface area contributed by atoms with E-state index in [-0.39, 0.29) is 0 Å².